The van der Waals surface area contributed by atoms with Gasteiger partial charge in [-0.1, -0.05) is 25.0 Å². The number of hydrogen-bond acceptors (Lipinski definition) is 3. The van der Waals surface area contributed by atoms with Gasteiger partial charge in [0.1, 0.15) is 0 Å². The largest absolute Gasteiger partial charge is 0.349 e. The Bertz CT molecular complexity index is 669. The van der Waals surface area contributed by atoms with Crippen LogP contribution in [0.3, 0.4) is 0 Å². The molecule has 3 unspecified atom stereocenters. The second-order valence-electron chi connectivity index (χ2n) is 7.55. The maximum absolute atomic E-state index is 12.7. The van der Waals surface area contributed by atoms with Crippen molar-refractivity contribution in [1.29, 1.82) is 0 Å². The quantitative estimate of drug-likeness (QED) is 0.893. The molecule has 1 fully saturated rings. The number of likely N-dealkylation sites (N-methyl/N-ethyl adjacent to an activating group) is 1. The zero-order chi connectivity index (χ0) is 17.5. The van der Waals surface area contributed by atoms with Gasteiger partial charge < -0.3 is 16.0 Å². The van der Waals surface area contributed by atoms with E-state index in [9.17, 15) is 9.59 Å². The number of nitrogens with one attached hydrogen (secondary N) is 1. The molecule has 2 amide bonds. The van der Waals surface area contributed by atoms with E-state index >= 15 is 0 Å². The molecule has 0 radical (unpaired) electrons. The van der Waals surface area contributed by atoms with Crippen molar-refractivity contribution in [2.45, 2.75) is 57.5 Å². The fourth-order valence-electron chi connectivity index (χ4n) is 3.95. The molecule has 2 aliphatic rings. The molecule has 0 aromatic heterocycles. The molecule has 5 nitrogen and oxygen atoms in total. The average molecular weight is 329 g/mol. The summed E-state index contributed by atoms with van der Waals surface area (Å²) in [5, 5.41) is 3.12. The average Bonchev–Trinajstić information content (AvgIpc) is 2.81. The molecule has 0 saturated heterocycles. The van der Waals surface area contributed by atoms with Gasteiger partial charge in [0, 0.05) is 18.3 Å². The highest BCUT2D eigenvalue weighted by Crippen LogP contribution is 2.33. The molecular formula is C19H27N3O2. The van der Waals surface area contributed by atoms with E-state index in [-0.39, 0.29) is 23.8 Å². The number of hydrogen-bond donors (Lipinski definition) is 2. The number of amides is 2. The first kappa shape index (κ1) is 17.0. The van der Waals surface area contributed by atoms with Crippen LogP contribution in [0.1, 0.15) is 56.7 Å². The smallest absolute Gasteiger partial charge is 0.231 e. The van der Waals surface area contributed by atoms with Crippen LogP contribution in [0.25, 0.3) is 0 Å². The summed E-state index contributed by atoms with van der Waals surface area (Å²) in [4.78, 5) is 26.2. The topological polar surface area (TPSA) is 75.4 Å². The molecule has 0 spiro atoms. The van der Waals surface area contributed by atoms with E-state index in [4.69, 9.17) is 5.73 Å². The van der Waals surface area contributed by atoms with Crippen LogP contribution in [0.5, 0.6) is 0 Å². The van der Waals surface area contributed by atoms with Crippen LogP contribution in [0.4, 0.5) is 5.69 Å². The van der Waals surface area contributed by atoms with E-state index in [1.807, 2.05) is 32.0 Å². The Labute approximate surface area is 143 Å². The third kappa shape index (κ3) is 3.05. The maximum Gasteiger partial charge on any atom is 0.231 e. The zero-order valence-electron chi connectivity index (χ0n) is 14.8. The minimum atomic E-state index is -0.422. The standard InChI is InChI=1S/C19H27N3O2/c1-12(21-18(24)15-6-4-5-9-19(15,2)20)13-7-8-16-14(10-13)11-17(23)22(16)3/h7-8,10,12,15H,4-6,9,11,20H2,1-3H3,(H,21,24). The van der Waals surface area contributed by atoms with Crippen LogP contribution < -0.4 is 16.0 Å². The number of nitrogens with two attached hydrogens (primary N) is 1. The zero-order valence-corrected chi connectivity index (χ0v) is 14.8. The van der Waals surface area contributed by atoms with Crippen molar-refractivity contribution in [3.63, 3.8) is 0 Å². The molecule has 3 N–H and O–H groups in total. The van der Waals surface area contributed by atoms with Crippen LogP contribution in [0.2, 0.25) is 0 Å². The Morgan fingerprint density at radius 3 is 2.88 bits per heavy atom. The Morgan fingerprint density at radius 1 is 1.42 bits per heavy atom. The van der Waals surface area contributed by atoms with Crippen LogP contribution in [-0.2, 0) is 16.0 Å². The van der Waals surface area contributed by atoms with Crippen LogP contribution in [-0.4, -0.2) is 24.4 Å². The van der Waals surface area contributed by atoms with Crippen molar-refractivity contribution in [3.8, 4) is 0 Å². The number of carbonyl (C=O) groups excluding carboxylic acids is 2. The highest BCUT2D eigenvalue weighted by Gasteiger charge is 2.38. The summed E-state index contributed by atoms with van der Waals surface area (Å²) in [5.41, 5.74) is 8.94. The van der Waals surface area contributed by atoms with E-state index in [1.54, 1.807) is 11.9 Å². The summed E-state index contributed by atoms with van der Waals surface area (Å²) in [5.74, 6) is 0.0247. The number of nitrogens with zero attached hydrogens (tertiary/aromatic N) is 1. The summed E-state index contributed by atoms with van der Waals surface area (Å²) in [6, 6.07) is 5.89. The van der Waals surface area contributed by atoms with E-state index in [1.165, 1.54) is 0 Å². The van der Waals surface area contributed by atoms with Crippen LogP contribution in [0, 0.1) is 5.92 Å². The minimum absolute atomic E-state index is 0.0425. The Hall–Kier alpha value is -1.88. The lowest BCUT2D eigenvalue weighted by Gasteiger charge is -2.37. The van der Waals surface area contributed by atoms with Crippen molar-refractivity contribution in [2.75, 3.05) is 11.9 Å². The van der Waals surface area contributed by atoms with Crippen LogP contribution >= 0.6 is 0 Å². The summed E-state index contributed by atoms with van der Waals surface area (Å²) < 4.78 is 0. The van der Waals surface area contributed by atoms with Gasteiger partial charge in [0.05, 0.1) is 18.4 Å². The molecule has 1 saturated carbocycles. The number of carbonyl (C=O) groups is 2. The van der Waals surface area contributed by atoms with E-state index in [2.05, 4.69) is 5.32 Å². The molecule has 1 aliphatic heterocycles. The first-order valence-corrected chi connectivity index (χ1v) is 8.78. The van der Waals surface area contributed by atoms with Gasteiger partial charge in [-0.3, -0.25) is 9.59 Å². The minimum Gasteiger partial charge on any atom is -0.349 e. The first-order chi connectivity index (χ1) is 11.3. The third-order valence-corrected chi connectivity index (χ3v) is 5.61. The molecule has 24 heavy (non-hydrogen) atoms. The number of rotatable bonds is 3. The highest BCUT2D eigenvalue weighted by atomic mass is 16.2. The molecular weight excluding hydrogens is 302 g/mol. The van der Waals surface area contributed by atoms with Crippen molar-refractivity contribution >= 4 is 17.5 Å². The second-order valence-corrected chi connectivity index (χ2v) is 7.55. The van der Waals surface area contributed by atoms with E-state index in [0.29, 0.717) is 6.42 Å². The van der Waals surface area contributed by atoms with Gasteiger partial charge in [-0.15, -0.1) is 0 Å². The number of benzene rings is 1. The first-order valence-electron chi connectivity index (χ1n) is 8.78. The molecule has 1 heterocycles. The van der Waals surface area contributed by atoms with Crippen molar-refractivity contribution in [2.24, 2.45) is 11.7 Å². The Kier molecular flexibility index (Phi) is 4.38. The molecule has 0 bridgehead atoms. The predicted octanol–water partition coefficient (Wildman–Crippen LogP) is 2.29. The third-order valence-electron chi connectivity index (χ3n) is 5.61. The van der Waals surface area contributed by atoms with Crippen LogP contribution in [0.15, 0.2) is 18.2 Å². The van der Waals surface area contributed by atoms with Crippen molar-refractivity contribution in [3.05, 3.63) is 29.3 Å². The lowest BCUT2D eigenvalue weighted by Crippen LogP contribution is -2.53. The molecule has 3 rings (SSSR count). The Balaban J connectivity index is 1.71. The van der Waals surface area contributed by atoms with Gasteiger partial charge in [0.25, 0.3) is 0 Å². The van der Waals surface area contributed by atoms with Gasteiger partial charge in [0.2, 0.25) is 11.8 Å². The molecule has 1 aromatic rings. The second kappa shape index (κ2) is 6.20. The SMILES string of the molecule is CC(NC(=O)C1CCCCC1(C)N)c1ccc2c(c1)CC(=O)N2C. The number of anilines is 1. The van der Waals surface area contributed by atoms with Gasteiger partial charge in [-0.05, 0) is 43.9 Å². The number of fused-ring (bicyclic) bond motifs is 1. The van der Waals surface area contributed by atoms with Gasteiger partial charge in [0.15, 0.2) is 0 Å². The van der Waals surface area contributed by atoms with Gasteiger partial charge in [-0.25, -0.2) is 0 Å². The van der Waals surface area contributed by atoms with E-state index < -0.39 is 5.54 Å². The van der Waals surface area contributed by atoms with Gasteiger partial charge >= 0.3 is 0 Å². The van der Waals surface area contributed by atoms with Crippen molar-refractivity contribution < 1.29 is 9.59 Å². The Morgan fingerprint density at radius 2 is 2.17 bits per heavy atom. The monoisotopic (exact) mass is 329 g/mol. The fraction of sp³-hybridized carbons (Fsp3) is 0.579. The summed E-state index contributed by atoms with van der Waals surface area (Å²) in [7, 11) is 1.80. The molecule has 130 valence electrons. The predicted molar refractivity (Wildman–Crippen MR) is 94.7 cm³/mol. The normalized spacial score (nSPS) is 27.8. The van der Waals surface area contributed by atoms with E-state index in [0.717, 1.165) is 42.5 Å². The highest BCUT2D eigenvalue weighted by molar-refractivity contribution is 6.00. The van der Waals surface area contributed by atoms with Crippen molar-refractivity contribution in [1.82, 2.24) is 5.32 Å². The molecule has 3 atom stereocenters. The van der Waals surface area contributed by atoms with Gasteiger partial charge in [-0.2, -0.15) is 0 Å². The molecule has 1 aliphatic carbocycles. The lowest BCUT2D eigenvalue weighted by molar-refractivity contribution is -0.128. The maximum atomic E-state index is 12.7. The summed E-state index contributed by atoms with van der Waals surface area (Å²) >= 11 is 0. The molecule has 1 aromatic carbocycles. The lowest BCUT2D eigenvalue weighted by atomic mass is 9.74. The summed E-state index contributed by atoms with van der Waals surface area (Å²) in [6.45, 7) is 3.97. The summed E-state index contributed by atoms with van der Waals surface area (Å²) in [6.07, 6.45) is 4.34. The fourth-order valence-corrected chi connectivity index (χ4v) is 3.95. The molecule has 5 heteroatoms.